The molecule has 0 aliphatic rings. The van der Waals surface area contributed by atoms with Gasteiger partial charge in [0.25, 0.3) is 5.82 Å². The van der Waals surface area contributed by atoms with Crippen molar-refractivity contribution < 1.29 is 0 Å². The molecule has 0 unspecified atom stereocenters. The zero-order chi connectivity index (χ0) is 9.42. The zero-order valence-corrected chi connectivity index (χ0v) is 7.70. The van der Waals surface area contributed by atoms with Gasteiger partial charge in [-0.05, 0) is 19.1 Å². The molecule has 0 spiro atoms. The standard InChI is InChI=1S/C8H6N4S/c1-4-6-5(11-8(13)12-6)3-10-7(4)9-2/h3H,1H3,(H2,11,12,13). The largest absolute Gasteiger partial charge is 0.360 e. The molecule has 0 saturated carbocycles. The lowest BCUT2D eigenvalue weighted by Crippen LogP contribution is -1.81. The van der Waals surface area contributed by atoms with Gasteiger partial charge in [0, 0.05) is 5.56 Å². The van der Waals surface area contributed by atoms with Gasteiger partial charge < -0.3 is 14.8 Å². The number of hydrogen-bond donors (Lipinski definition) is 2. The number of aromatic nitrogens is 3. The molecule has 0 atom stereocenters. The van der Waals surface area contributed by atoms with E-state index in [2.05, 4.69) is 19.8 Å². The molecule has 2 aromatic heterocycles. The fourth-order valence-corrected chi connectivity index (χ4v) is 1.45. The van der Waals surface area contributed by atoms with Gasteiger partial charge in [-0.25, -0.2) is 0 Å². The number of rotatable bonds is 0. The third kappa shape index (κ3) is 1.12. The summed E-state index contributed by atoms with van der Waals surface area (Å²) in [6.07, 6.45) is 1.61. The maximum atomic E-state index is 6.88. The van der Waals surface area contributed by atoms with Gasteiger partial charge in [0.2, 0.25) is 0 Å². The van der Waals surface area contributed by atoms with Gasteiger partial charge >= 0.3 is 0 Å². The lowest BCUT2D eigenvalue weighted by Gasteiger charge is -1.95. The number of hydrogen-bond acceptors (Lipinski definition) is 2. The number of nitrogens with one attached hydrogen (secondary N) is 2. The summed E-state index contributed by atoms with van der Waals surface area (Å²) in [5.74, 6) is 0.415. The van der Waals surface area contributed by atoms with Gasteiger partial charge in [0.05, 0.1) is 5.52 Å². The Bertz CT molecular complexity index is 558. The van der Waals surface area contributed by atoms with Gasteiger partial charge in [-0.2, -0.15) is 0 Å². The van der Waals surface area contributed by atoms with Crippen LogP contribution in [0.25, 0.3) is 15.9 Å². The van der Waals surface area contributed by atoms with E-state index in [0.29, 0.717) is 10.6 Å². The summed E-state index contributed by atoms with van der Waals surface area (Å²) < 4.78 is 0.557. The van der Waals surface area contributed by atoms with Crippen LogP contribution in [0, 0.1) is 18.3 Å². The number of imidazole rings is 1. The lowest BCUT2D eigenvalue weighted by molar-refractivity contribution is 1.29. The van der Waals surface area contributed by atoms with E-state index in [1.54, 1.807) is 6.20 Å². The molecule has 4 nitrogen and oxygen atoms in total. The van der Waals surface area contributed by atoms with E-state index in [9.17, 15) is 0 Å². The van der Waals surface area contributed by atoms with Gasteiger partial charge in [0.15, 0.2) is 4.77 Å². The molecule has 0 aliphatic carbocycles. The number of aryl methyl sites for hydroxylation is 1. The highest BCUT2D eigenvalue weighted by Gasteiger charge is 2.06. The molecule has 0 radical (unpaired) electrons. The van der Waals surface area contributed by atoms with Crippen molar-refractivity contribution >= 4 is 29.1 Å². The molecule has 0 aromatic carbocycles. The Balaban J connectivity index is 2.95. The van der Waals surface area contributed by atoms with Crippen molar-refractivity contribution in [3.05, 3.63) is 27.9 Å². The van der Waals surface area contributed by atoms with E-state index in [1.165, 1.54) is 0 Å². The normalized spacial score (nSPS) is 10.2. The molecule has 0 bridgehead atoms. The van der Waals surface area contributed by atoms with Crippen molar-refractivity contribution in [2.75, 3.05) is 0 Å². The van der Waals surface area contributed by atoms with Crippen molar-refractivity contribution in [1.82, 2.24) is 15.0 Å². The second kappa shape index (κ2) is 2.68. The Morgan fingerprint density at radius 3 is 3.00 bits per heavy atom. The maximum Gasteiger partial charge on any atom is 0.274 e. The molecule has 2 heterocycles. The molecular formula is C8H6N4S. The summed E-state index contributed by atoms with van der Waals surface area (Å²) in [6.45, 7) is 8.73. The Hall–Kier alpha value is -1.67. The molecule has 0 aliphatic heterocycles. The summed E-state index contributed by atoms with van der Waals surface area (Å²) in [4.78, 5) is 13.2. The van der Waals surface area contributed by atoms with E-state index >= 15 is 0 Å². The highest BCUT2D eigenvalue weighted by molar-refractivity contribution is 7.71. The summed E-state index contributed by atoms with van der Waals surface area (Å²) in [5.41, 5.74) is 2.54. The number of aromatic amines is 2. The topological polar surface area (TPSA) is 48.8 Å². The third-order valence-corrected chi connectivity index (χ3v) is 2.09. The van der Waals surface area contributed by atoms with Gasteiger partial charge in [-0.15, -0.1) is 4.98 Å². The van der Waals surface area contributed by atoms with Crippen molar-refractivity contribution in [3.63, 3.8) is 0 Å². The molecule has 13 heavy (non-hydrogen) atoms. The fourth-order valence-electron chi connectivity index (χ4n) is 1.24. The molecule has 5 heteroatoms. The predicted octanol–water partition coefficient (Wildman–Crippen LogP) is 2.48. The van der Waals surface area contributed by atoms with Crippen molar-refractivity contribution in [1.29, 1.82) is 0 Å². The second-order valence-electron chi connectivity index (χ2n) is 2.69. The third-order valence-electron chi connectivity index (χ3n) is 1.89. The van der Waals surface area contributed by atoms with Crippen molar-refractivity contribution in [3.8, 4) is 0 Å². The smallest absolute Gasteiger partial charge is 0.274 e. The van der Waals surface area contributed by atoms with E-state index in [1.807, 2.05) is 6.92 Å². The molecule has 0 fully saturated rings. The number of pyridine rings is 1. The number of fused-ring (bicyclic) bond motifs is 1. The van der Waals surface area contributed by atoms with E-state index < -0.39 is 0 Å². The molecule has 64 valence electrons. The summed E-state index contributed by atoms with van der Waals surface area (Å²) in [6, 6.07) is 0. The average molecular weight is 190 g/mol. The first kappa shape index (κ1) is 7.95. The van der Waals surface area contributed by atoms with Crippen LogP contribution in [-0.4, -0.2) is 15.0 Å². The van der Waals surface area contributed by atoms with Gasteiger partial charge in [-0.3, -0.25) is 0 Å². The monoisotopic (exact) mass is 190 g/mol. The maximum absolute atomic E-state index is 6.88. The van der Waals surface area contributed by atoms with Crippen LogP contribution < -0.4 is 0 Å². The first-order chi connectivity index (χ1) is 6.22. The lowest BCUT2D eigenvalue weighted by atomic mass is 10.2. The molecular weight excluding hydrogens is 184 g/mol. The molecule has 0 amide bonds. The fraction of sp³-hybridized carbons (Fsp3) is 0.125. The van der Waals surface area contributed by atoms with Crippen LogP contribution >= 0.6 is 12.2 Å². The van der Waals surface area contributed by atoms with Crippen molar-refractivity contribution in [2.24, 2.45) is 0 Å². The van der Waals surface area contributed by atoms with Crippen LogP contribution in [0.3, 0.4) is 0 Å². The van der Waals surface area contributed by atoms with Crippen LogP contribution in [0.5, 0.6) is 0 Å². The summed E-state index contributed by atoms with van der Waals surface area (Å²) in [5, 5.41) is 0. The molecule has 0 saturated heterocycles. The quantitative estimate of drug-likeness (QED) is 0.495. The minimum atomic E-state index is 0.415. The average Bonchev–Trinajstić information content (AvgIpc) is 2.47. The number of nitrogens with zero attached hydrogens (tertiary/aromatic N) is 2. The minimum absolute atomic E-state index is 0.415. The van der Waals surface area contributed by atoms with E-state index in [0.717, 1.165) is 16.6 Å². The Kier molecular flexibility index (Phi) is 1.64. The first-order valence-electron chi connectivity index (χ1n) is 3.67. The summed E-state index contributed by atoms with van der Waals surface area (Å²) in [7, 11) is 0. The van der Waals surface area contributed by atoms with Crippen LogP contribution in [0.1, 0.15) is 5.56 Å². The van der Waals surface area contributed by atoms with E-state index in [-0.39, 0.29) is 0 Å². The predicted molar refractivity (Wildman–Crippen MR) is 52.3 cm³/mol. The molecule has 2 N–H and O–H groups in total. The van der Waals surface area contributed by atoms with Crippen LogP contribution in [-0.2, 0) is 0 Å². The molecule has 2 rings (SSSR count). The van der Waals surface area contributed by atoms with Gasteiger partial charge in [-0.1, -0.05) is 6.57 Å². The Labute approximate surface area is 79.5 Å². The van der Waals surface area contributed by atoms with Crippen LogP contribution in [0.4, 0.5) is 5.82 Å². The zero-order valence-electron chi connectivity index (χ0n) is 6.88. The highest BCUT2D eigenvalue weighted by atomic mass is 32.1. The number of H-pyrrole nitrogens is 2. The second-order valence-corrected chi connectivity index (χ2v) is 3.09. The Morgan fingerprint density at radius 2 is 2.31 bits per heavy atom. The Morgan fingerprint density at radius 1 is 1.54 bits per heavy atom. The van der Waals surface area contributed by atoms with Crippen LogP contribution in [0.2, 0.25) is 0 Å². The molecule has 2 aromatic rings. The first-order valence-corrected chi connectivity index (χ1v) is 4.08. The minimum Gasteiger partial charge on any atom is -0.360 e. The van der Waals surface area contributed by atoms with Crippen LogP contribution in [0.15, 0.2) is 6.20 Å². The SMILES string of the molecule is [C-]#[N+]c1ncc2[nH]c(=S)[nH]c2c1C. The van der Waals surface area contributed by atoms with E-state index in [4.69, 9.17) is 18.8 Å². The highest BCUT2D eigenvalue weighted by Crippen LogP contribution is 2.22. The van der Waals surface area contributed by atoms with Crippen molar-refractivity contribution in [2.45, 2.75) is 6.92 Å². The summed E-state index contributed by atoms with van der Waals surface area (Å²) >= 11 is 4.94. The van der Waals surface area contributed by atoms with Gasteiger partial charge in [0.1, 0.15) is 11.7 Å².